The van der Waals surface area contributed by atoms with Crippen molar-refractivity contribution in [3.05, 3.63) is 12.2 Å². The number of rotatable bonds is 9. The number of aliphatic imine (C=N–C) groups is 1. The van der Waals surface area contributed by atoms with Gasteiger partial charge in [-0.1, -0.05) is 12.2 Å². The fraction of sp³-hybridized carbons (Fsp3) is 0.816. The molecule has 0 aromatic carbocycles. The number of likely N-dealkylation sites (tertiary alicyclic amines) is 2. The number of nitrogens with one attached hydrogen (secondary N) is 1. The number of ether oxygens (including phenoxy) is 4. The van der Waals surface area contributed by atoms with E-state index in [1.54, 1.807) is 41.5 Å². The molecule has 13 nitrogen and oxygen atoms in total. The standard InChI is InChI=1S/C38H65N5O8/c1-36(2,3)49-31(44)26-30(41(10)27-16-12-11-13-17-27)32(45)43-22-15-14-18-28(43)21-25-48-29-19-23-42(24-20-29)33(39-34(46)50-37(4,5)6)40-35(47)51-38(7,8)9/h12,16,27-30H,11,13-15,17-26H2,1-10H3,(H,39,40,46,47)/t27-,28+,30?/m1/s1. The van der Waals surface area contributed by atoms with Crippen LogP contribution in [0.4, 0.5) is 9.59 Å². The maximum absolute atomic E-state index is 14.3. The Morgan fingerprint density at radius 3 is 2.08 bits per heavy atom. The predicted octanol–water partition coefficient (Wildman–Crippen LogP) is 6.20. The second-order valence-corrected chi connectivity index (χ2v) is 17.0. The number of nitrogens with zero attached hydrogens (tertiary/aromatic N) is 4. The molecule has 1 N–H and O–H groups in total. The Kier molecular flexibility index (Phi) is 15.3. The van der Waals surface area contributed by atoms with Crippen LogP contribution in [0.2, 0.25) is 0 Å². The Hall–Kier alpha value is -3.19. The number of alkyl carbamates (subject to hydrolysis) is 1. The van der Waals surface area contributed by atoms with Gasteiger partial charge < -0.3 is 28.7 Å². The van der Waals surface area contributed by atoms with Gasteiger partial charge in [-0.2, -0.15) is 0 Å². The van der Waals surface area contributed by atoms with E-state index in [-0.39, 0.29) is 42.4 Å². The highest BCUT2D eigenvalue weighted by Crippen LogP contribution is 2.26. The number of esters is 1. The zero-order chi connectivity index (χ0) is 38.0. The minimum Gasteiger partial charge on any atom is -0.460 e. The molecule has 3 aliphatic rings. The van der Waals surface area contributed by atoms with Gasteiger partial charge in [0.1, 0.15) is 22.8 Å². The van der Waals surface area contributed by atoms with Crippen LogP contribution in [0.15, 0.2) is 17.1 Å². The maximum atomic E-state index is 14.3. The fourth-order valence-electron chi connectivity index (χ4n) is 6.64. The van der Waals surface area contributed by atoms with E-state index in [4.69, 9.17) is 18.9 Å². The van der Waals surface area contributed by atoms with Crippen LogP contribution in [0, 0.1) is 0 Å². The lowest BCUT2D eigenvalue weighted by atomic mass is 9.95. The number of carbonyl (C=O) groups excluding carboxylic acids is 4. The Balaban J connectivity index is 1.61. The number of amides is 3. The average molecular weight is 720 g/mol. The lowest BCUT2D eigenvalue weighted by Crippen LogP contribution is -2.55. The first kappa shape index (κ1) is 42.2. The second-order valence-electron chi connectivity index (χ2n) is 17.0. The summed E-state index contributed by atoms with van der Waals surface area (Å²) in [5.74, 6) is -0.297. The second kappa shape index (κ2) is 18.5. The summed E-state index contributed by atoms with van der Waals surface area (Å²) in [6.07, 6.45) is 10.7. The summed E-state index contributed by atoms with van der Waals surface area (Å²) < 4.78 is 22.8. The molecular weight excluding hydrogens is 654 g/mol. The van der Waals surface area contributed by atoms with E-state index < -0.39 is 35.0 Å². The summed E-state index contributed by atoms with van der Waals surface area (Å²) in [6, 6.07) is -0.487. The van der Waals surface area contributed by atoms with E-state index in [0.29, 0.717) is 45.5 Å². The number of likely N-dealkylation sites (N-methyl/N-ethyl adjacent to an activating group) is 1. The van der Waals surface area contributed by atoms with Crippen LogP contribution >= 0.6 is 0 Å². The van der Waals surface area contributed by atoms with Crippen LogP contribution in [-0.2, 0) is 28.5 Å². The quantitative estimate of drug-likeness (QED) is 0.0964. The van der Waals surface area contributed by atoms with Gasteiger partial charge in [-0.15, -0.1) is 4.99 Å². The van der Waals surface area contributed by atoms with E-state index in [1.807, 2.05) is 37.6 Å². The maximum Gasteiger partial charge on any atom is 0.437 e. The van der Waals surface area contributed by atoms with Gasteiger partial charge in [-0.05, 0) is 127 Å². The number of carbonyl (C=O) groups is 4. The minimum atomic E-state index is -0.798. The first-order chi connectivity index (χ1) is 23.7. The van der Waals surface area contributed by atoms with Crippen molar-refractivity contribution in [3.63, 3.8) is 0 Å². The van der Waals surface area contributed by atoms with Crippen molar-refractivity contribution in [2.75, 3.05) is 33.3 Å². The molecule has 0 aromatic rings. The molecular formula is C38H65N5O8. The summed E-state index contributed by atoms with van der Waals surface area (Å²) in [4.78, 5) is 62.4. The molecule has 2 fully saturated rings. The van der Waals surface area contributed by atoms with Gasteiger partial charge in [0.2, 0.25) is 11.9 Å². The molecule has 0 bridgehead atoms. The molecule has 51 heavy (non-hydrogen) atoms. The fourth-order valence-corrected chi connectivity index (χ4v) is 6.64. The SMILES string of the molecule is CN(C(CC(=O)OC(C)(C)C)C(=O)N1CCCC[C@H]1CCOC1CCN(C(=NC(=O)OC(C)(C)C)NC(=O)OC(C)(C)C)CC1)[C@@H]1C=CCCC1. The normalized spacial score (nSPS) is 21.7. The lowest BCUT2D eigenvalue weighted by Gasteiger charge is -2.42. The van der Waals surface area contributed by atoms with Crippen LogP contribution in [0.25, 0.3) is 0 Å². The molecule has 0 radical (unpaired) electrons. The van der Waals surface area contributed by atoms with Gasteiger partial charge in [-0.25, -0.2) is 9.59 Å². The zero-order valence-corrected chi connectivity index (χ0v) is 32.9. The molecule has 3 rings (SSSR count). The van der Waals surface area contributed by atoms with Gasteiger partial charge in [0.05, 0.1) is 12.5 Å². The molecule has 2 saturated heterocycles. The molecule has 0 aromatic heterocycles. The highest BCUT2D eigenvalue weighted by molar-refractivity contribution is 5.99. The molecule has 0 spiro atoms. The van der Waals surface area contributed by atoms with E-state index in [0.717, 1.165) is 38.5 Å². The monoisotopic (exact) mass is 719 g/mol. The summed E-state index contributed by atoms with van der Waals surface area (Å²) in [5, 5.41) is 2.64. The predicted molar refractivity (Wildman–Crippen MR) is 196 cm³/mol. The molecule has 13 heteroatoms. The Labute approximate surface area is 305 Å². The molecule has 0 saturated carbocycles. The Morgan fingerprint density at radius 2 is 1.49 bits per heavy atom. The van der Waals surface area contributed by atoms with Crippen LogP contribution in [-0.4, -0.2) is 119 Å². The van der Waals surface area contributed by atoms with Gasteiger partial charge in [-0.3, -0.25) is 19.8 Å². The third-order valence-electron chi connectivity index (χ3n) is 8.97. The number of hydrogen-bond donors (Lipinski definition) is 1. The molecule has 3 atom stereocenters. The summed E-state index contributed by atoms with van der Waals surface area (Å²) in [5.41, 5.74) is -2.09. The minimum absolute atomic E-state index is 0.0112. The van der Waals surface area contributed by atoms with Crippen molar-refractivity contribution >= 4 is 30.0 Å². The highest BCUT2D eigenvalue weighted by atomic mass is 16.6. The van der Waals surface area contributed by atoms with Gasteiger partial charge in [0.25, 0.3) is 0 Å². The van der Waals surface area contributed by atoms with Crippen LogP contribution in [0.3, 0.4) is 0 Å². The first-order valence-electron chi connectivity index (χ1n) is 18.8. The van der Waals surface area contributed by atoms with Crippen LogP contribution in [0.1, 0.15) is 127 Å². The molecule has 1 aliphatic carbocycles. The number of hydrogen-bond acceptors (Lipinski definition) is 9. The van der Waals surface area contributed by atoms with E-state index >= 15 is 0 Å². The molecule has 1 unspecified atom stereocenters. The molecule has 2 heterocycles. The van der Waals surface area contributed by atoms with Crippen molar-refractivity contribution < 1.29 is 38.1 Å². The highest BCUT2D eigenvalue weighted by Gasteiger charge is 2.38. The van der Waals surface area contributed by atoms with Gasteiger partial charge in [0, 0.05) is 38.3 Å². The number of allylic oxidation sites excluding steroid dienone is 1. The molecule has 290 valence electrons. The van der Waals surface area contributed by atoms with Crippen molar-refractivity contribution in [1.82, 2.24) is 20.0 Å². The lowest BCUT2D eigenvalue weighted by molar-refractivity contribution is -0.160. The largest absolute Gasteiger partial charge is 0.460 e. The summed E-state index contributed by atoms with van der Waals surface area (Å²) >= 11 is 0. The smallest absolute Gasteiger partial charge is 0.437 e. The topological polar surface area (TPSA) is 139 Å². The summed E-state index contributed by atoms with van der Waals surface area (Å²) in [6.45, 7) is 18.2. The van der Waals surface area contributed by atoms with E-state index in [2.05, 4.69) is 27.4 Å². The Morgan fingerprint density at radius 1 is 0.843 bits per heavy atom. The first-order valence-corrected chi connectivity index (χ1v) is 18.8. The van der Waals surface area contributed by atoms with Crippen molar-refractivity contribution in [3.8, 4) is 0 Å². The van der Waals surface area contributed by atoms with Crippen molar-refractivity contribution in [1.29, 1.82) is 0 Å². The van der Waals surface area contributed by atoms with Gasteiger partial charge >= 0.3 is 18.2 Å². The average Bonchev–Trinajstić information content (AvgIpc) is 3.01. The molecule has 2 aliphatic heterocycles. The van der Waals surface area contributed by atoms with Crippen LogP contribution < -0.4 is 5.32 Å². The zero-order valence-electron chi connectivity index (χ0n) is 32.9. The third-order valence-corrected chi connectivity index (χ3v) is 8.97. The Bertz CT molecular complexity index is 1240. The number of piperidine rings is 2. The van der Waals surface area contributed by atoms with Crippen LogP contribution in [0.5, 0.6) is 0 Å². The van der Waals surface area contributed by atoms with E-state index in [9.17, 15) is 19.2 Å². The van der Waals surface area contributed by atoms with Crippen molar-refractivity contribution in [2.45, 2.75) is 168 Å². The summed E-state index contributed by atoms with van der Waals surface area (Å²) in [7, 11) is 1.95. The third kappa shape index (κ3) is 15.1. The van der Waals surface area contributed by atoms with Crippen molar-refractivity contribution in [2.24, 2.45) is 4.99 Å². The molecule has 3 amide bonds. The van der Waals surface area contributed by atoms with E-state index in [1.165, 1.54) is 0 Å². The van der Waals surface area contributed by atoms with Gasteiger partial charge in [0.15, 0.2) is 0 Å². The number of guanidine groups is 1.